The fraction of sp³-hybridized carbons (Fsp3) is 0.385. The highest BCUT2D eigenvalue weighted by Gasteiger charge is 2.43. The van der Waals surface area contributed by atoms with Crippen molar-refractivity contribution in [1.29, 1.82) is 0 Å². The van der Waals surface area contributed by atoms with Crippen LogP contribution in [0.1, 0.15) is 11.7 Å². The number of hydrogen-bond acceptors (Lipinski definition) is 6. The van der Waals surface area contributed by atoms with Crippen LogP contribution in [0.2, 0.25) is 0 Å². The molecule has 3 rings (SSSR count). The minimum absolute atomic E-state index is 0.0252. The molecular weight excluding hydrogens is 318 g/mol. The molecule has 0 aliphatic carbocycles. The van der Waals surface area contributed by atoms with Crippen molar-refractivity contribution in [3.05, 3.63) is 34.1 Å². The van der Waals surface area contributed by atoms with Crippen molar-refractivity contribution in [2.24, 2.45) is 0 Å². The van der Waals surface area contributed by atoms with Gasteiger partial charge in [0.2, 0.25) is 5.95 Å². The molecule has 0 spiro atoms. The van der Waals surface area contributed by atoms with Crippen LogP contribution < -0.4 is 0 Å². The number of fused-ring (bicyclic) bond motifs is 1. The molecule has 0 aromatic carbocycles. The second-order valence-electron chi connectivity index (χ2n) is 5.00. The Morgan fingerprint density at radius 2 is 2.00 bits per heavy atom. The van der Waals surface area contributed by atoms with Gasteiger partial charge in [-0.1, -0.05) is 12.2 Å². The predicted molar refractivity (Wildman–Crippen MR) is 73.6 cm³/mol. The van der Waals surface area contributed by atoms with E-state index in [1.54, 1.807) is 0 Å². The molecule has 9 heteroatoms. The van der Waals surface area contributed by atoms with Crippen molar-refractivity contribution in [2.45, 2.75) is 24.4 Å². The van der Waals surface area contributed by atoms with E-state index in [1.807, 2.05) is 0 Å². The smallest absolute Gasteiger partial charge is 0.217 e. The third-order valence-electron chi connectivity index (χ3n) is 3.62. The fourth-order valence-corrected chi connectivity index (χ4v) is 2.77. The number of ether oxygens (including phenoxy) is 1. The normalized spacial score (nSPS) is 28.4. The molecule has 4 atom stereocenters. The van der Waals surface area contributed by atoms with Crippen LogP contribution in [0.3, 0.4) is 0 Å². The van der Waals surface area contributed by atoms with Gasteiger partial charge in [0.05, 0.1) is 12.0 Å². The number of nitrogens with zero attached hydrogens (tertiary/aromatic N) is 1. The van der Waals surface area contributed by atoms with Gasteiger partial charge >= 0.3 is 0 Å². The second-order valence-corrected chi connectivity index (χ2v) is 5.41. The van der Waals surface area contributed by atoms with Crippen molar-refractivity contribution in [3.63, 3.8) is 0 Å². The highest BCUT2D eigenvalue weighted by molar-refractivity contribution is 7.71. The van der Waals surface area contributed by atoms with Crippen molar-refractivity contribution in [2.75, 3.05) is 6.61 Å². The Bertz CT molecular complexity index is 784. The van der Waals surface area contributed by atoms with E-state index in [0.29, 0.717) is 6.07 Å². The monoisotopic (exact) mass is 330 g/mol. The Balaban J connectivity index is 2.12. The van der Waals surface area contributed by atoms with Crippen molar-refractivity contribution in [3.8, 4) is 0 Å². The number of pyridine rings is 2. The summed E-state index contributed by atoms with van der Waals surface area (Å²) < 4.78 is 32.4. The molecule has 3 heterocycles. The maximum Gasteiger partial charge on any atom is 0.217 e. The van der Waals surface area contributed by atoms with Gasteiger partial charge in [0.1, 0.15) is 40.5 Å². The highest BCUT2D eigenvalue weighted by Crippen LogP contribution is 2.35. The van der Waals surface area contributed by atoms with E-state index in [9.17, 15) is 19.0 Å². The number of H-pyrrole nitrogens is 1. The van der Waals surface area contributed by atoms with Gasteiger partial charge < -0.3 is 25.0 Å². The van der Waals surface area contributed by atoms with Gasteiger partial charge in [-0.05, 0) is 6.07 Å². The van der Waals surface area contributed by atoms with Crippen LogP contribution in [0, 0.1) is 16.4 Å². The van der Waals surface area contributed by atoms with Gasteiger partial charge in [-0.3, -0.25) is 0 Å². The highest BCUT2D eigenvalue weighted by atomic mass is 32.1. The van der Waals surface area contributed by atoms with Gasteiger partial charge in [0.25, 0.3) is 0 Å². The first-order valence-corrected chi connectivity index (χ1v) is 6.84. The van der Waals surface area contributed by atoms with E-state index in [2.05, 4.69) is 9.97 Å². The van der Waals surface area contributed by atoms with E-state index in [-0.39, 0.29) is 21.2 Å². The summed E-state index contributed by atoms with van der Waals surface area (Å²) in [5.41, 5.74) is 0.148. The number of nitrogens with one attached hydrogen (secondary N) is 1. The zero-order chi connectivity index (χ0) is 16.0. The Morgan fingerprint density at radius 3 is 2.64 bits per heavy atom. The van der Waals surface area contributed by atoms with Crippen LogP contribution in [-0.4, -0.2) is 50.2 Å². The van der Waals surface area contributed by atoms with Gasteiger partial charge in [-0.25, -0.2) is 9.37 Å². The van der Waals surface area contributed by atoms with Crippen molar-refractivity contribution >= 4 is 23.3 Å². The third-order valence-corrected chi connectivity index (χ3v) is 3.96. The minimum atomic E-state index is -1.33. The molecule has 1 aliphatic rings. The zero-order valence-corrected chi connectivity index (χ0v) is 11.8. The van der Waals surface area contributed by atoms with E-state index in [1.165, 1.54) is 6.07 Å². The topological polar surface area (TPSA) is 98.6 Å². The Morgan fingerprint density at radius 1 is 1.27 bits per heavy atom. The van der Waals surface area contributed by atoms with Crippen LogP contribution in [0.25, 0.3) is 11.0 Å². The van der Waals surface area contributed by atoms with Crippen molar-refractivity contribution < 1.29 is 28.8 Å². The number of halogens is 2. The van der Waals surface area contributed by atoms with Crippen LogP contribution in [0.4, 0.5) is 8.78 Å². The SMILES string of the molecule is OC[C@H]1O[C@@H](c2cc3c(F)cc(F)nc3[nH]c2=S)[C@@H](O)C1O. The molecule has 1 fully saturated rings. The average molecular weight is 330 g/mol. The Hall–Kier alpha value is -1.52. The van der Waals surface area contributed by atoms with E-state index in [0.717, 1.165) is 0 Å². The van der Waals surface area contributed by atoms with Crippen LogP contribution in [0.5, 0.6) is 0 Å². The zero-order valence-electron chi connectivity index (χ0n) is 11.0. The summed E-state index contributed by atoms with van der Waals surface area (Å²) in [7, 11) is 0. The lowest BCUT2D eigenvalue weighted by molar-refractivity contribution is -0.0229. The summed E-state index contributed by atoms with van der Waals surface area (Å²) in [4.78, 5) is 6.08. The van der Waals surface area contributed by atoms with E-state index >= 15 is 0 Å². The van der Waals surface area contributed by atoms with Crippen LogP contribution >= 0.6 is 12.2 Å². The molecule has 2 aromatic rings. The standard InChI is InChI=1S/C13H12F2N2O4S/c14-6-2-8(15)16-12-4(6)1-5(13(22)17-12)11-10(20)9(19)7(3-18)21-11/h1-2,7,9-11,18-20H,3H2,(H,16,17,22)/t7-,9?,10+,11+/m1/s1. The third kappa shape index (κ3) is 2.40. The lowest BCUT2D eigenvalue weighted by Gasteiger charge is -2.15. The number of aliphatic hydroxyl groups is 3. The summed E-state index contributed by atoms with van der Waals surface area (Å²) in [5.74, 6) is -1.84. The number of hydrogen-bond donors (Lipinski definition) is 4. The maximum absolute atomic E-state index is 13.8. The minimum Gasteiger partial charge on any atom is -0.394 e. The molecular formula is C13H12F2N2O4S. The number of rotatable bonds is 2. The number of aromatic nitrogens is 2. The van der Waals surface area contributed by atoms with Gasteiger partial charge in [-0.2, -0.15) is 4.39 Å². The van der Waals surface area contributed by atoms with Gasteiger partial charge in [0.15, 0.2) is 0 Å². The molecule has 1 unspecified atom stereocenters. The van der Waals surface area contributed by atoms with E-state index in [4.69, 9.17) is 22.1 Å². The lowest BCUT2D eigenvalue weighted by atomic mass is 10.0. The molecule has 1 aliphatic heterocycles. The molecule has 4 N–H and O–H groups in total. The second kappa shape index (κ2) is 5.60. The molecule has 0 saturated carbocycles. The van der Waals surface area contributed by atoms with Gasteiger partial charge in [0, 0.05) is 11.6 Å². The molecule has 0 amide bonds. The molecule has 118 valence electrons. The van der Waals surface area contributed by atoms with Crippen LogP contribution in [-0.2, 0) is 4.74 Å². The number of aromatic amines is 1. The average Bonchev–Trinajstić information content (AvgIpc) is 2.74. The maximum atomic E-state index is 13.8. The first-order chi connectivity index (χ1) is 10.4. The Labute approximate surface area is 128 Å². The Kier molecular flexibility index (Phi) is 3.91. The van der Waals surface area contributed by atoms with Crippen LogP contribution in [0.15, 0.2) is 12.1 Å². The fourth-order valence-electron chi connectivity index (χ4n) is 2.50. The predicted octanol–water partition coefficient (Wildman–Crippen LogP) is 0.725. The molecule has 1 saturated heterocycles. The van der Waals surface area contributed by atoms with Gasteiger partial charge in [-0.15, -0.1) is 0 Å². The summed E-state index contributed by atoms with van der Waals surface area (Å²) >= 11 is 5.09. The summed E-state index contributed by atoms with van der Waals surface area (Å²) in [5, 5.41) is 28.8. The van der Waals surface area contributed by atoms with Crippen molar-refractivity contribution in [1.82, 2.24) is 9.97 Å². The summed E-state index contributed by atoms with van der Waals surface area (Å²) in [6, 6.07) is 1.91. The first kappa shape index (κ1) is 15.4. The number of aliphatic hydroxyl groups excluding tert-OH is 3. The molecule has 0 radical (unpaired) electrons. The summed E-state index contributed by atoms with van der Waals surface area (Å²) in [6.07, 6.45) is -4.64. The molecule has 0 bridgehead atoms. The largest absolute Gasteiger partial charge is 0.394 e. The quantitative estimate of drug-likeness (QED) is 0.479. The molecule has 22 heavy (non-hydrogen) atoms. The molecule has 6 nitrogen and oxygen atoms in total. The first-order valence-electron chi connectivity index (χ1n) is 6.43. The molecule has 2 aromatic heterocycles. The van der Waals surface area contributed by atoms with E-state index < -0.39 is 42.8 Å². The lowest BCUT2D eigenvalue weighted by Crippen LogP contribution is -2.32. The summed E-state index contributed by atoms with van der Waals surface area (Å²) in [6.45, 7) is -0.486.